The molecule has 0 aliphatic rings. The lowest BCUT2D eigenvalue weighted by Crippen LogP contribution is -2.26. The van der Waals surface area contributed by atoms with Crippen molar-refractivity contribution in [3.8, 4) is 0 Å². The number of aromatic nitrogens is 2. The molecular weight excluding hydrogens is 278 g/mol. The van der Waals surface area contributed by atoms with Crippen LogP contribution in [0.3, 0.4) is 0 Å². The zero-order valence-electron chi connectivity index (χ0n) is 12.6. The third-order valence-electron chi connectivity index (χ3n) is 2.66. The van der Waals surface area contributed by atoms with Crippen LogP contribution in [0.2, 0.25) is 5.02 Å². The molecule has 114 valence electrons. The van der Waals surface area contributed by atoms with E-state index in [4.69, 9.17) is 16.3 Å². The van der Waals surface area contributed by atoms with Crippen molar-refractivity contribution >= 4 is 17.3 Å². The van der Waals surface area contributed by atoms with Crippen LogP contribution in [0.15, 0.2) is 11.0 Å². The average Bonchev–Trinajstić information content (AvgIpc) is 2.37. The Hall–Kier alpha value is -1.07. The lowest BCUT2D eigenvalue weighted by atomic mass is 10.2. The molecule has 0 unspecified atom stereocenters. The number of nitrogens with zero attached hydrogens (tertiary/aromatic N) is 2. The Bertz CT molecular complexity index is 472. The zero-order chi connectivity index (χ0) is 15.1. The summed E-state index contributed by atoms with van der Waals surface area (Å²) in [5.41, 5.74) is 0.320. The Morgan fingerprint density at radius 3 is 2.70 bits per heavy atom. The summed E-state index contributed by atoms with van der Waals surface area (Å²) in [7, 11) is 0. The molecule has 1 N–H and O–H groups in total. The fourth-order valence-corrected chi connectivity index (χ4v) is 1.85. The summed E-state index contributed by atoms with van der Waals surface area (Å²) in [6, 6.07) is -0.00140. The number of halogens is 1. The van der Waals surface area contributed by atoms with E-state index >= 15 is 0 Å². The number of hydrogen-bond donors (Lipinski definition) is 1. The molecular formula is C14H24ClN3O2. The van der Waals surface area contributed by atoms with Gasteiger partial charge in [0.25, 0.3) is 5.56 Å². The van der Waals surface area contributed by atoms with Gasteiger partial charge in [-0.15, -0.1) is 0 Å². The topological polar surface area (TPSA) is 56.1 Å². The molecule has 0 aliphatic heterocycles. The molecule has 1 aromatic heterocycles. The van der Waals surface area contributed by atoms with Crippen LogP contribution >= 0.6 is 11.6 Å². The van der Waals surface area contributed by atoms with Gasteiger partial charge >= 0.3 is 0 Å². The highest BCUT2D eigenvalue weighted by Gasteiger charge is 2.10. The number of rotatable bonds is 8. The van der Waals surface area contributed by atoms with E-state index in [1.165, 1.54) is 4.68 Å². The van der Waals surface area contributed by atoms with E-state index in [9.17, 15) is 4.79 Å². The predicted molar refractivity (Wildman–Crippen MR) is 82.7 cm³/mol. The standard InChI is InChI=1S/C14H24ClN3O2/c1-10(2)9-20-7-5-6-16-12-8-17-18(11(3)4)14(19)13(12)15/h8,10-11,16H,5-7,9H2,1-4H3. The summed E-state index contributed by atoms with van der Waals surface area (Å²) < 4.78 is 6.86. The minimum atomic E-state index is -0.261. The molecule has 1 heterocycles. The summed E-state index contributed by atoms with van der Waals surface area (Å²) in [6.07, 6.45) is 2.45. The minimum absolute atomic E-state index is 0.00140. The fraction of sp³-hybridized carbons (Fsp3) is 0.714. The summed E-state index contributed by atoms with van der Waals surface area (Å²) >= 11 is 6.06. The number of anilines is 1. The van der Waals surface area contributed by atoms with Crippen LogP contribution < -0.4 is 10.9 Å². The first-order valence-electron chi connectivity index (χ1n) is 7.02. The molecule has 0 saturated carbocycles. The van der Waals surface area contributed by atoms with Crippen LogP contribution in [-0.2, 0) is 4.74 Å². The molecule has 0 aromatic carbocycles. The maximum absolute atomic E-state index is 11.9. The van der Waals surface area contributed by atoms with Gasteiger partial charge in [0, 0.05) is 19.8 Å². The second-order valence-corrected chi connectivity index (χ2v) is 5.84. The molecule has 1 rings (SSSR count). The molecule has 5 nitrogen and oxygen atoms in total. The monoisotopic (exact) mass is 301 g/mol. The highest BCUT2D eigenvalue weighted by atomic mass is 35.5. The van der Waals surface area contributed by atoms with Gasteiger partial charge in [0.15, 0.2) is 0 Å². The highest BCUT2D eigenvalue weighted by Crippen LogP contribution is 2.16. The summed E-state index contributed by atoms with van der Waals surface area (Å²) in [5.74, 6) is 0.547. The second kappa shape index (κ2) is 8.27. The molecule has 1 aromatic rings. The number of hydrogen-bond acceptors (Lipinski definition) is 4. The van der Waals surface area contributed by atoms with E-state index in [1.54, 1.807) is 6.20 Å². The summed E-state index contributed by atoms with van der Waals surface area (Å²) in [5, 5.41) is 7.41. The van der Waals surface area contributed by atoms with Crippen molar-refractivity contribution in [3.05, 3.63) is 21.6 Å². The predicted octanol–water partition coefficient (Wildman–Crippen LogP) is 2.95. The molecule has 0 saturated heterocycles. The summed E-state index contributed by atoms with van der Waals surface area (Å²) in [6.45, 7) is 10.2. The van der Waals surface area contributed by atoms with Crippen LogP contribution in [-0.4, -0.2) is 29.5 Å². The van der Waals surface area contributed by atoms with Gasteiger partial charge in [-0.1, -0.05) is 25.4 Å². The molecule has 0 spiro atoms. The second-order valence-electron chi connectivity index (χ2n) is 5.46. The largest absolute Gasteiger partial charge is 0.382 e. The molecule has 0 amide bonds. The number of nitrogens with one attached hydrogen (secondary N) is 1. The van der Waals surface area contributed by atoms with E-state index < -0.39 is 0 Å². The lowest BCUT2D eigenvalue weighted by Gasteiger charge is -2.12. The van der Waals surface area contributed by atoms with E-state index in [0.717, 1.165) is 13.0 Å². The number of ether oxygens (including phenoxy) is 1. The average molecular weight is 302 g/mol. The highest BCUT2D eigenvalue weighted by molar-refractivity contribution is 6.32. The maximum Gasteiger partial charge on any atom is 0.287 e. The van der Waals surface area contributed by atoms with Gasteiger partial charge in [-0.3, -0.25) is 4.79 Å². The maximum atomic E-state index is 11.9. The Balaban J connectivity index is 2.45. The molecule has 0 atom stereocenters. The van der Waals surface area contributed by atoms with Crippen molar-refractivity contribution in [2.75, 3.05) is 25.1 Å². The van der Waals surface area contributed by atoms with Gasteiger partial charge < -0.3 is 10.1 Å². The van der Waals surface area contributed by atoms with Gasteiger partial charge in [0.05, 0.1) is 17.9 Å². The van der Waals surface area contributed by atoms with Crippen molar-refractivity contribution in [1.29, 1.82) is 0 Å². The SMILES string of the molecule is CC(C)COCCCNc1cnn(C(C)C)c(=O)c1Cl. The van der Waals surface area contributed by atoms with Crippen LogP contribution in [0.4, 0.5) is 5.69 Å². The van der Waals surface area contributed by atoms with Gasteiger partial charge in [0.2, 0.25) is 0 Å². The van der Waals surface area contributed by atoms with Gasteiger partial charge in [-0.2, -0.15) is 5.10 Å². The van der Waals surface area contributed by atoms with Crippen molar-refractivity contribution in [2.24, 2.45) is 5.92 Å². The summed E-state index contributed by atoms with van der Waals surface area (Å²) in [4.78, 5) is 11.9. The Labute approximate surface area is 125 Å². The molecule has 0 aliphatic carbocycles. The molecule has 6 heteroatoms. The first-order chi connectivity index (χ1) is 9.43. The first kappa shape index (κ1) is 17.0. The zero-order valence-corrected chi connectivity index (χ0v) is 13.4. The smallest absolute Gasteiger partial charge is 0.287 e. The van der Waals surface area contributed by atoms with Crippen LogP contribution in [0.5, 0.6) is 0 Å². The first-order valence-corrected chi connectivity index (χ1v) is 7.40. The Morgan fingerprint density at radius 1 is 1.40 bits per heavy atom. The van der Waals surface area contributed by atoms with Crippen LogP contribution in [0.1, 0.15) is 40.2 Å². The van der Waals surface area contributed by atoms with Gasteiger partial charge in [0.1, 0.15) is 5.02 Å². The minimum Gasteiger partial charge on any atom is -0.382 e. The normalized spacial score (nSPS) is 11.3. The molecule has 20 heavy (non-hydrogen) atoms. The van der Waals surface area contributed by atoms with Crippen molar-refractivity contribution in [3.63, 3.8) is 0 Å². The van der Waals surface area contributed by atoms with E-state index in [0.29, 0.717) is 24.8 Å². The third-order valence-corrected chi connectivity index (χ3v) is 3.03. The van der Waals surface area contributed by atoms with E-state index in [-0.39, 0.29) is 16.6 Å². The molecule has 0 bridgehead atoms. The van der Waals surface area contributed by atoms with Gasteiger partial charge in [-0.05, 0) is 26.2 Å². The Kier molecular flexibility index (Phi) is 7.02. The van der Waals surface area contributed by atoms with Gasteiger partial charge in [-0.25, -0.2) is 4.68 Å². The van der Waals surface area contributed by atoms with Crippen molar-refractivity contribution in [2.45, 2.75) is 40.2 Å². The van der Waals surface area contributed by atoms with Crippen molar-refractivity contribution < 1.29 is 4.74 Å². The van der Waals surface area contributed by atoms with E-state index in [2.05, 4.69) is 24.3 Å². The third kappa shape index (κ3) is 5.13. The quantitative estimate of drug-likeness (QED) is 0.750. The molecule has 0 radical (unpaired) electrons. The Morgan fingerprint density at radius 2 is 2.10 bits per heavy atom. The lowest BCUT2D eigenvalue weighted by molar-refractivity contribution is 0.110. The van der Waals surface area contributed by atoms with Crippen molar-refractivity contribution in [1.82, 2.24) is 9.78 Å². The fourth-order valence-electron chi connectivity index (χ4n) is 1.65. The molecule has 0 fully saturated rings. The van der Waals surface area contributed by atoms with E-state index in [1.807, 2.05) is 13.8 Å². The van der Waals surface area contributed by atoms with Crippen LogP contribution in [0, 0.1) is 5.92 Å². The van der Waals surface area contributed by atoms with Crippen LogP contribution in [0.25, 0.3) is 0 Å².